The van der Waals surface area contributed by atoms with Crippen LogP contribution < -0.4 is 0 Å². The maximum Gasteiger partial charge on any atom is 0.339 e. The summed E-state index contributed by atoms with van der Waals surface area (Å²) in [4.78, 5) is 28.5. The molecule has 5 nitrogen and oxygen atoms in total. The maximum atomic E-state index is 12.5. The number of rotatable bonds is 2. The molecule has 6 atom stereocenters. The molecule has 2 saturated carbocycles. The predicted octanol–water partition coefficient (Wildman–Crippen LogP) is 3.55. The highest BCUT2D eigenvalue weighted by Gasteiger charge is 2.58. The van der Waals surface area contributed by atoms with Gasteiger partial charge in [0.25, 0.3) is 0 Å². The molecule has 1 aromatic rings. The van der Waals surface area contributed by atoms with Gasteiger partial charge in [0.15, 0.2) is 0 Å². The second kappa shape index (κ2) is 6.22. The van der Waals surface area contributed by atoms with Gasteiger partial charge in [-0.3, -0.25) is 4.98 Å². The lowest BCUT2D eigenvalue weighted by Gasteiger charge is -2.54. The minimum atomic E-state index is -0.335. The van der Waals surface area contributed by atoms with Gasteiger partial charge in [0, 0.05) is 35.7 Å². The summed E-state index contributed by atoms with van der Waals surface area (Å²) in [6, 6.07) is 3.44. The second-order valence-corrected chi connectivity index (χ2v) is 8.30. The van der Waals surface area contributed by atoms with E-state index in [1.165, 1.54) is 6.20 Å². The molecule has 1 unspecified atom stereocenters. The summed E-state index contributed by atoms with van der Waals surface area (Å²) < 4.78 is 11.6. The lowest BCUT2D eigenvalue weighted by molar-refractivity contribution is -0.159. The first-order valence-corrected chi connectivity index (χ1v) is 9.41. The summed E-state index contributed by atoms with van der Waals surface area (Å²) in [5, 5.41) is 0. The van der Waals surface area contributed by atoms with Crippen molar-refractivity contribution >= 4 is 11.9 Å². The number of fused-ring (bicyclic) bond motifs is 3. The Morgan fingerprint density at radius 2 is 2.15 bits per heavy atom. The highest BCUT2D eigenvalue weighted by molar-refractivity contribution is 5.91. The van der Waals surface area contributed by atoms with Crippen LogP contribution in [-0.4, -0.2) is 29.1 Å². The Bertz CT molecular complexity index is 746. The van der Waals surface area contributed by atoms with Crippen LogP contribution in [0.5, 0.6) is 0 Å². The van der Waals surface area contributed by atoms with Gasteiger partial charge in [0.1, 0.15) is 12.2 Å². The quantitative estimate of drug-likeness (QED) is 0.599. The van der Waals surface area contributed by atoms with Gasteiger partial charge in [0.2, 0.25) is 0 Å². The molecule has 0 spiro atoms. The zero-order chi connectivity index (χ0) is 18.5. The normalized spacial score (nSPS) is 38.9. The van der Waals surface area contributed by atoms with Gasteiger partial charge >= 0.3 is 11.9 Å². The van der Waals surface area contributed by atoms with E-state index in [4.69, 9.17) is 9.47 Å². The average molecular weight is 355 g/mol. The Morgan fingerprint density at radius 3 is 2.88 bits per heavy atom. The number of aromatic nitrogens is 1. The number of carbonyl (C=O) groups excluding carboxylic acids is 2. The van der Waals surface area contributed by atoms with Gasteiger partial charge in [-0.1, -0.05) is 20.4 Å². The summed E-state index contributed by atoms with van der Waals surface area (Å²) in [6.07, 6.45) is 6.67. The topological polar surface area (TPSA) is 65.5 Å². The van der Waals surface area contributed by atoms with E-state index in [2.05, 4.69) is 25.4 Å². The zero-order valence-corrected chi connectivity index (χ0v) is 15.3. The van der Waals surface area contributed by atoms with E-state index in [1.807, 2.05) is 0 Å². The molecule has 2 heterocycles. The monoisotopic (exact) mass is 355 g/mol. The van der Waals surface area contributed by atoms with Crippen molar-refractivity contribution in [3.63, 3.8) is 0 Å². The minimum Gasteiger partial charge on any atom is -0.458 e. The van der Waals surface area contributed by atoms with Gasteiger partial charge in [0.05, 0.1) is 5.56 Å². The molecule has 5 heteroatoms. The van der Waals surface area contributed by atoms with E-state index in [-0.39, 0.29) is 47.3 Å². The zero-order valence-electron chi connectivity index (χ0n) is 15.3. The van der Waals surface area contributed by atoms with Crippen LogP contribution >= 0.6 is 0 Å². The fourth-order valence-electron chi connectivity index (χ4n) is 5.39. The van der Waals surface area contributed by atoms with Crippen molar-refractivity contribution in [1.29, 1.82) is 0 Å². The molecule has 0 aromatic carbocycles. The van der Waals surface area contributed by atoms with Gasteiger partial charge < -0.3 is 9.47 Å². The molecular weight excluding hydrogens is 330 g/mol. The van der Waals surface area contributed by atoms with Crippen molar-refractivity contribution < 1.29 is 19.1 Å². The molecule has 0 bridgehead atoms. The number of carbonyl (C=O) groups is 2. The predicted molar refractivity (Wildman–Crippen MR) is 95.2 cm³/mol. The van der Waals surface area contributed by atoms with Gasteiger partial charge in [-0.15, -0.1) is 0 Å². The number of esters is 2. The Hall–Kier alpha value is -2.17. The van der Waals surface area contributed by atoms with E-state index in [1.54, 1.807) is 18.3 Å². The number of ether oxygens (including phenoxy) is 2. The third kappa shape index (κ3) is 2.65. The molecular formula is C21H25NO4. The van der Waals surface area contributed by atoms with E-state index >= 15 is 0 Å². The molecule has 26 heavy (non-hydrogen) atoms. The standard InChI is InChI=1S/C21H25NO4/c1-12-15-6-8-21(3)9-7-16(13(2)17(21)18(15)26-19(12)23)25-20(24)14-5-4-10-22-11-14/h4-5,10-11,13,15-18H,1,6-9H2,2-3H3/t13-,15-,16-,17?,18-,21-/m0/s1. The van der Waals surface area contributed by atoms with E-state index in [0.717, 1.165) is 25.7 Å². The van der Waals surface area contributed by atoms with Gasteiger partial charge in [-0.2, -0.15) is 0 Å². The number of nitrogens with zero attached hydrogens (tertiary/aromatic N) is 1. The number of hydrogen-bond donors (Lipinski definition) is 0. The SMILES string of the molecule is C=C1C(=O)O[C@@H]2C3[C@@H](C)[C@@H](OC(=O)c4cccnc4)CC[C@]3(C)CC[C@@H]12. The van der Waals surface area contributed by atoms with Crippen LogP contribution in [0.1, 0.15) is 49.9 Å². The van der Waals surface area contributed by atoms with Crippen LogP contribution in [0.3, 0.4) is 0 Å². The van der Waals surface area contributed by atoms with E-state index < -0.39 is 0 Å². The average Bonchev–Trinajstić information content (AvgIpc) is 2.92. The smallest absolute Gasteiger partial charge is 0.339 e. The fraction of sp³-hybridized carbons (Fsp3) is 0.571. The first-order chi connectivity index (χ1) is 12.4. The lowest BCUT2D eigenvalue weighted by atomic mass is 9.53. The first kappa shape index (κ1) is 17.3. The van der Waals surface area contributed by atoms with Crippen molar-refractivity contribution in [2.75, 3.05) is 0 Å². The molecule has 0 N–H and O–H groups in total. The summed E-state index contributed by atoms with van der Waals surface area (Å²) in [5.41, 5.74) is 1.19. The van der Waals surface area contributed by atoms with Crippen LogP contribution in [0.25, 0.3) is 0 Å². The lowest BCUT2D eigenvalue weighted by Crippen LogP contribution is -2.53. The molecule has 0 amide bonds. The van der Waals surface area contributed by atoms with Crippen LogP contribution in [0.15, 0.2) is 36.7 Å². The molecule has 1 aromatic heterocycles. The third-order valence-electron chi connectivity index (χ3n) is 6.84. The van der Waals surface area contributed by atoms with Crippen molar-refractivity contribution in [3.8, 4) is 0 Å². The molecule has 3 aliphatic rings. The van der Waals surface area contributed by atoms with E-state index in [9.17, 15) is 9.59 Å². The van der Waals surface area contributed by atoms with Crippen molar-refractivity contribution in [1.82, 2.24) is 4.98 Å². The van der Waals surface area contributed by atoms with Crippen LogP contribution in [0.2, 0.25) is 0 Å². The van der Waals surface area contributed by atoms with Crippen LogP contribution in [0.4, 0.5) is 0 Å². The van der Waals surface area contributed by atoms with Crippen molar-refractivity contribution in [2.24, 2.45) is 23.2 Å². The van der Waals surface area contributed by atoms with Crippen LogP contribution in [-0.2, 0) is 14.3 Å². The van der Waals surface area contributed by atoms with Crippen molar-refractivity contribution in [2.45, 2.75) is 51.7 Å². The summed E-state index contributed by atoms with van der Waals surface area (Å²) in [7, 11) is 0. The molecule has 138 valence electrons. The van der Waals surface area contributed by atoms with Crippen LogP contribution in [0, 0.1) is 23.2 Å². The highest BCUT2D eigenvalue weighted by atomic mass is 16.6. The number of pyridine rings is 1. The molecule has 4 rings (SSSR count). The Labute approximate surface area is 153 Å². The Balaban J connectivity index is 1.55. The molecule has 3 fully saturated rings. The summed E-state index contributed by atoms with van der Waals surface area (Å²) >= 11 is 0. The Morgan fingerprint density at radius 1 is 1.38 bits per heavy atom. The second-order valence-electron chi connectivity index (χ2n) is 8.30. The molecule has 1 aliphatic heterocycles. The first-order valence-electron chi connectivity index (χ1n) is 9.41. The summed E-state index contributed by atoms with van der Waals surface area (Å²) in [6.45, 7) is 8.36. The van der Waals surface area contributed by atoms with Gasteiger partial charge in [-0.25, -0.2) is 9.59 Å². The van der Waals surface area contributed by atoms with Crippen molar-refractivity contribution in [3.05, 3.63) is 42.2 Å². The van der Waals surface area contributed by atoms with E-state index in [0.29, 0.717) is 11.1 Å². The minimum absolute atomic E-state index is 0.107. The third-order valence-corrected chi connectivity index (χ3v) is 6.84. The summed E-state index contributed by atoms with van der Waals surface area (Å²) in [5.74, 6) is -0.175. The maximum absolute atomic E-state index is 12.5. The fourth-order valence-corrected chi connectivity index (χ4v) is 5.39. The van der Waals surface area contributed by atoms with Gasteiger partial charge in [-0.05, 0) is 43.2 Å². The highest BCUT2D eigenvalue weighted by Crippen LogP contribution is 2.58. The number of hydrogen-bond acceptors (Lipinski definition) is 5. The largest absolute Gasteiger partial charge is 0.458 e. The molecule has 0 radical (unpaired) electrons. The Kier molecular flexibility index (Phi) is 4.13. The molecule has 1 saturated heterocycles. The molecule has 2 aliphatic carbocycles.